The molecule has 3 fully saturated rings. The molecule has 3 saturated heterocycles. The molecule has 2 aromatic carbocycles. The Morgan fingerprint density at radius 1 is 0.588 bits per heavy atom. The second-order valence-electron chi connectivity index (χ2n) is 8.55. The molecule has 2 aromatic rings. The van der Waals surface area contributed by atoms with E-state index in [2.05, 4.69) is 0 Å². The Labute approximate surface area is 194 Å². The van der Waals surface area contributed by atoms with Crippen LogP contribution >= 0.6 is 0 Å². The minimum atomic E-state index is -0.704. The average molecular weight is 468 g/mol. The van der Waals surface area contributed by atoms with Crippen LogP contribution in [0.4, 0.5) is 20.2 Å². The predicted molar refractivity (Wildman–Crippen MR) is 118 cm³/mol. The molecule has 10 heteroatoms. The van der Waals surface area contributed by atoms with Gasteiger partial charge in [-0.05, 0) is 24.3 Å². The van der Waals surface area contributed by atoms with Gasteiger partial charge in [-0.2, -0.15) is 0 Å². The van der Waals surface area contributed by atoms with Gasteiger partial charge in [-0.15, -0.1) is 0 Å². The topological polar surface area (TPSA) is 81.2 Å². The lowest BCUT2D eigenvalue weighted by atomic mass is 10.1. The van der Waals surface area contributed by atoms with Crippen molar-refractivity contribution < 1.29 is 28.0 Å². The first-order chi connectivity index (χ1) is 16.4. The summed E-state index contributed by atoms with van der Waals surface area (Å²) in [7, 11) is 0. The summed E-state index contributed by atoms with van der Waals surface area (Å²) in [6.45, 7) is 1.58. The van der Waals surface area contributed by atoms with Crippen molar-refractivity contribution in [1.82, 2.24) is 9.80 Å². The van der Waals surface area contributed by atoms with Gasteiger partial charge in [-0.1, -0.05) is 24.3 Å². The number of carbonyl (C=O) groups is 4. The number of imide groups is 2. The zero-order chi connectivity index (χ0) is 24.0. The number of anilines is 2. The van der Waals surface area contributed by atoms with Gasteiger partial charge in [0.25, 0.3) is 11.8 Å². The lowest BCUT2D eigenvalue weighted by molar-refractivity contribution is -0.126. The van der Waals surface area contributed by atoms with Crippen LogP contribution in [0.1, 0.15) is 12.8 Å². The molecule has 0 radical (unpaired) electrons. The van der Waals surface area contributed by atoms with Gasteiger partial charge in [0, 0.05) is 26.2 Å². The Morgan fingerprint density at radius 2 is 0.941 bits per heavy atom. The molecule has 3 aliphatic heterocycles. The largest absolute Gasteiger partial charge is 0.289 e. The fraction of sp³-hybridized carbons (Fsp3) is 0.333. The first kappa shape index (κ1) is 22.3. The van der Waals surface area contributed by atoms with Crippen LogP contribution in [0, 0.1) is 11.6 Å². The third-order valence-electron chi connectivity index (χ3n) is 6.66. The van der Waals surface area contributed by atoms with Crippen molar-refractivity contribution in [3.8, 4) is 0 Å². The summed E-state index contributed by atoms with van der Waals surface area (Å²) < 4.78 is 28.4. The third-order valence-corrected chi connectivity index (χ3v) is 6.66. The lowest BCUT2D eigenvalue weighted by Crippen LogP contribution is -2.56. The molecule has 2 atom stereocenters. The number of para-hydroxylation sites is 2. The minimum Gasteiger partial charge on any atom is -0.289 e. The monoisotopic (exact) mass is 468 g/mol. The van der Waals surface area contributed by atoms with E-state index in [4.69, 9.17) is 0 Å². The molecule has 0 aliphatic carbocycles. The van der Waals surface area contributed by atoms with Crippen molar-refractivity contribution in [3.05, 3.63) is 60.2 Å². The van der Waals surface area contributed by atoms with Gasteiger partial charge in [0.05, 0.1) is 36.3 Å². The maximum Gasteiger partial charge on any atom is 0.251 e. The molecular formula is C24H22F2N4O4. The molecule has 0 aromatic heterocycles. The van der Waals surface area contributed by atoms with Crippen molar-refractivity contribution in [1.29, 1.82) is 0 Å². The number of rotatable bonds is 4. The number of amides is 4. The molecule has 0 unspecified atom stereocenters. The van der Waals surface area contributed by atoms with Crippen LogP contribution in [0.15, 0.2) is 48.5 Å². The molecular weight excluding hydrogens is 446 g/mol. The van der Waals surface area contributed by atoms with Crippen molar-refractivity contribution in [2.24, 2.45) is 0 Å². The van der Waals surface area contributed by atoms with E-state index in [1.54, 1.807) is 12.1 Å². The molecule has 34 heavy (non-hydrogen) atoms. The fourth-order valence-electron chi connectivity index (χ4n) is 4.94. The Kier molecular flexibility index (Phi) is 5.70. The molecule has 0 bridgehead atoms. The van der Waals surface area contributed by atoms with E-state index in [9.17, 15) is 28.0 Å². The quantitative estimate of drug-likeness (QED) is 0.634. The average Bonchev–Trinajstić information content (AvgIpc) is 3.29. The number of halogens is 2. The van der Waals surface area contributed by atoms with Gasteiger partial charge in [0.15, 0.2) is 0 Å². The summed E-state index contributed by atoms with van der Waals surface area (Å²) >= 11 is 0. The summed E-state index contributed by atoms with van der Waals surface area (Å²) in [5.41, 5.74) is -0.108. The van der Waals surface area contributed by atoms with E-state index in [0.717, 1.165) is 9.80 Å². The first-order valence-electron chi connectivity index (χ1n) is 11.1. The maximum absolute atomic E-state index is 14.2. The van der Waals surface area contributed by atoms with E-state index in [-0.39, 0.29) is 24.2 Å². The van der Waals surface area contributed by atoms with Crippen LogP contribution in [0.5, 0.6) is 0 Å². The van der Waals surface area contributed by atoms with Crippen LogP contribution in [-0.4, -0.2) is 71.7 Å². The van der Waals surface area contributed by atoms with E-state index in [1.807, 2.05) is 9.80 Å². The number of piperazine rings is 1. The van der Waals surface area contributed by atoms with Crippen molar-refractivity contribution >= 4 is 35.0 Å². The highest BCUT2D eigenvalue weighted by molar-refractivity contribution is 6.23. The molecule has 5 rings (SSSR count). The minimum absolute atomic E-state index is 0.0466. The van der Waals surface area contributed by atoms with E-state index in [0.29, 0.717) is 26.2 Å². The zero-order valence-corrected chi connectivity index (χ0v) is 18.2. The maximum atomic E-state index is 14.2. The van der Waals surface area contributed by atoms with Crippen molar-refractivity contribution in [2.75, 3.05) is 36.0 Å². The Bertz CT molecular complexity index is 1090. The van der Waals surface area contributed by atoms with Crippen molar-refractivity contribution in [3.63, 3.8) is 0 Å². The van der Waals surface area contributed by atoms with Gasteiger partial charge in [0.1, 0.15) is 11.6 Å². The molecule has 0 N–H and O–H groups in total. The van der Waals surface area contributed by atoms with Crippen LogP contribution in [0.25, 0.3) is 0 Å². The van der Waals surface area contributed by atoms with E-state index in [1.165, 1.54) is 36.4 Å². The second-order valence-corrected chi connectivity index (χ2v) is 8.55. The SMILES string of the molecule is O=C1C[C@@H](N2CCN([C@H]3CC(=O)N(c4ccccc4F)C3=O)CC2)C(=O)N1c1ccccc1F. The zero-order valence-electron chi connectivity index (χ0n) is 18.2. The van der Waals surface area contributed by atoms with Crippen LogP contribution < -0.4 is 9.80 Å². The summed E-state index contributed by atoms with van der Waals surface area (Å²) in [6.07, 6.45) is -0.0931. The summed E-state index contributed by atoms with van der Waals surface area (Å²) in [5.74, 6) is -3.14. The number of carbonyl (C=O) groups excluding carboxylic acids is 4. The predicted octanol–water partition coefficient (Wildman–Crippen LogP) is 1.55. The van der Waals surface area contributed by atoms with Crippen LogP contribution in [0.3, 0.4) is 0 Å². The normalized spacial score (nSPS) is 24.5. The second kappa shape index (κ2) is 8.69. The Balaban J connectivity index is 1.25. The molecule has 0 saturated carbocycles. The third kappa shape index (κ3) is 3.68. The van der Waals surface area contributed by atoms with Crippen LogP contribution in [-0.2, 0) is 19.2 Å². The molecule has 4 amide bonds. The van der Waals surface area contributed by atoms with Gasteiger partial charge in [-0.25, -0.2) is 18.6 Å². The highest BCUT2D eigenvalue weighted by atomic mass is 19.1. The number of hydrogen-bond acceptors (Lipinski definition) is 6. The van der Waals surface area contributed by atoms with Gasteiger partial charge < -0.3 is 0 Å². The summed E-state index contributed by atoms with van der Waals surface area (Å²) in [6, 6.07) is 9.90. The highest BCUT2D eigenvalue weighted by Gasteiger charge is 2.47. The number of hydrogen-bond donors (Lipinski definition) is 0. The van der Waals surface area contributed by atoms with E-state index < -0.39 is 47.3 Å². The fourth-order valence-corrected chi connectivity index (χ4v) is 4.94. The molecule has 176 valence electrons. The Hall–Kier alpha value is -3.50. The molecule has 3 heterocycles. The van der Waals surface area contributed by atoms with Gasteiger partial charge in [-0.3, -0.25) is 29.0 Å². The lowest BCUT2D eigenvalue weighted by Gasteiger charge is -2.38. The smallest absolute Gasteiger partial charge is 0.251 e. The van der Waals surface area contributed by atoms with Gasteiger partial charge in [0.2, 0.25) is 11.8 Å². The van der Waals surface area contributed by atoms with Crippen LogP contribution in [0.2, 0.25) is 0 Å². The standard InChI is InChI=1S/C24H22F2N4O4/c25-15-5-1-3-7-17(15)29-21(31)13-19(23(29)33)27-9-11-28(12-10-27)20-14-22(32)30(24(20)34)18-8-4-2-6-16(18)26/h1-8,19-20H,9-14H2/t19-,20+. The van der Waals surface area contributed by atoms with Gasteiger partial charge >= 0.3 is 0 Å². The molecule has 8 nitrogen and oxygen atoms in total. The Morgan fingerprint density at radius 3 is 1.29 bits per heavy atom. The summed E-state index contributed by atoms with van der Waals surface area (Å²) in [5, 5.41) is 0. The molecule has 3 aliphatic rings. The summed E-state index contributed by atoms with van der Waals surface area (Å²) in [4.78, 5) is 56.5. The molecule has 0 spiro atoms. The highest BCUT2D eigenvalue weighted by Crippen LogP contribution is 2.31. The van der Waals surface area contributed by atoms with Crippen molar-refractivity contribution in [2.45, 2.75) is 24.9 Å². The number of nitrogens with zero attached hydrogens (tertiary/aromatic N) is 4. The first-order valence-corrected chi connectivity index (χ1v) is 11.1. The number of benzene rings is 2. The van der Waals surface area contributed by atoms with E-state index >= 15 is 0 Å².